The SMILES string of the molecule is CCN(CCC(=O)OC)C(=O)C(C)n1cccn1. The minimum atomic E-state index is -0.363. The highest BCUT2D eigenvalue weighted by Gasteiger charge is 2.21. The summed E-state index contributed by atoms with van der Waals surface area (Å²) in [5, 5.41) is 4.04. The van der Waals surface area contributed by atoms with E-state index < -0.39 is 0 Å². The fourth-order valence-corrected chi connectivity index (χ4v) is 1.64. The number of carbonyl (C=O) groups excluding carboxylic acids is 2. The van der Waals surface area contributed by atoms with Crippen LogP contribution in [-0.4, -0.2) is 46.8 Å². The fourth-order valence-electron chi connectivity index (χ4n) is 1.64. The van der Waals surface area contributed by atoms with Gasteiger partial charge in [-0.15, -0.1) is 0 Å². The molecule has 1 unspecified atom stereocenters. The first kappa shape index (κ1) is 14.2. The number of likely N-dealkylation sites (N-methyl/N-ethyl adjacent to an activating group) is 1. The number of aromatic nitrogens is 2. The lowest BCUT2D eigenvalue weighted by Gasteiger charge is -2.24. The molecule has 0 aliphatic heterocycles. The number of carbonyl (C=O) groups is 2. The third kappa shape index (κ3) is 3.58. The number of ether oxygens (including phenoxy) is 1. The third-order valence-electron chi connectivity index (χ3n) is 2.79. The van der Waals surface area contributed by atoms with Crippen LogP contribution < -0.4 is 0 Å². The van der Waals surface area contributed by atoms with E-state index in [1.54, 1.807) is 35.0 Å². The normalized spacial score (nSPS) is 11.9. The first-order chi connectivity index (χ1) is 8.60. The van der Waals surface area contributed by atoms with Crippen molar-refractivity contribution >= 4 is 11.9 Å². The van der Waals surface area contributed by atoms with Gasteiger partial charge in [-0.1, -0.05) is 0 Å². The average molecular weight is 253 g/mol. The molecule has 0 saturated carbocycles. The molecule has 1 atom stereocenters. The maximum atomic E-state index is 12.2. The van der Waals surface area contributed by atoms with Crippen molar-refractivity contribution < 1.29 is 14.3 Å². The van der Waals surface area contributed by atoms with Gasteiger partial charge in [0.25, 0.3) is 0 Å². The summed E-state index contributed by atoms with van der Waals surface area (Å²) in [5.41, 5.74) is 0. The van der Waals surface area contributed by atoms with Crippen molar-refractivity contribution in [1.82, 2.24) is 14.7 Å². The topological polar surface area (TPSA) is 64.4 Å². The van der Waals surface area contributed by atoms with Gasteiger partial charge in [-0.2, -0.15) is 5.10 Å². The summed E-state index contributed by atoms with van der Waals surface area (Å²) >= 11 is 0. The van der Waals surface area contributed by atoms with Crippen LogP contribution in [0.3, 0.4) is 0 Å². The molecule has 0 fully saturated rings. The molecule has 0 bridgehead atoms. The number of esters is 1. The van der Waals surface area contributed by atoms with Gasteiger partial charge in [0.05, 0.1) is 13.5 Å². The maximum absolute atomic E-state index is 12.2. The monoisotopic (exact) mass is 253 g/mol. The van der Waals surface area contributed by atoms with Crippen LogP contribution >= 0.6 is 0 Å². The molecule has 6 heteroatoms. The lowest BCUT2D eigenvalue weighted by atomic mass is 10.2. The Bertz CT molecular complexity index is 389. The Morgan fingerprint density at radius 1 is 1.50 bits per heavy atom. The summed E-state index contributed by atoms with van der Waals surface area (Å²) in [5.74, 6) is -0.363. The van der Waals surface area contributed by atoms with Crippen molar-refractivity contribution in [3.05, 3.63) is 18.5 Å². The van der Waals surface area contributed by atoms with E-state index >= 15 is 0 Å². The molecule has 0 aromatic carbocycles. The van der Waals surface area contributed by atoms with Crippen LogP contribution in [0.1, 0.15) is 26.3 Å². The molecule has 100 valence electrons. The van der Waals surface area contributed by atoms with Crippen LogP contribution in [0.15, 0.2) is 18.5 Å². The highest BCUT2D eigenvalue weighted by Crippen LogP contribution is 2.09. The fraction of sp³-hybridized carbons (Fsp3) is 0.583. The van der Waals surface area contributed by atoms with Crippen LogP contribution in [0.25, 0.3) is 0 Å². The second kappa shape index (κ2) is 6.78. The zero-order valence-electron chi connectivity index (χ0n) is 11.0. The Kier molecular flexibility index (Phi) is 5.35. The summed E-state index contributed by atoms with van der Waals surface area (Å²) in [6.45, 7) is 4.59. The van der Waals surface area contributed by atoms with Gasteiger partial charge in [0.2, 0.25) is 5.91 Å². The molecule has 18 heavy (non-hydrogen) atoms. The van der Waals surface area contributed by atoms with Gasteiger partial charge in [0.15, 0.2) is 0 Å². The minimum Gasteiger partial charge on any atom is -0.469 e. The summed E-state index contributed by atoms with van der Waals surface area (Å²) in [6, 6.07) is 1.41. The predicted molar refractivity (Wildman–Crippen MR) is 65.8 cm³/mol. The lowest BCUT2D eigenvalue weighted by molar-refractivity contribution is -0.142. The summed E-state index contributed by atoms with van der Waals surface area (Å²) in [7, 11) is 1.34. The number of methoxy groups -OCH3 is 1. The van der Waals surface area contributed by atoms with Gasteiger partial charge in [-0.3, -0.25) is 14.3 Å². The number of amides is 1. The Morgan fingerprint density at radius 2 is 2.22 bits per heavy atom. The third-order valence-corrected chi connectivity index (χ3v) is 2.79. The Morgan fingerprint density at radius 3 is 2.72 bits per heavy atom. The second-order valence-corrected chi connectivity index (χ2v) is 3.91. The predicted octanol–water partition coefficient (Wildman–Crippen LogP) is 0.856. The molecule has 1 amide bonds. The van der Waals surface area contributed by atoms with E-state index in [1.807, 2.05) is 6.92 Å². The van der Waals surface area contributed by atoms with Crippen molar-refractivity contribution in [2.45, 2.75) is 26.3 Å². The minimum absolute atomic E-state index is 0.0508. The molecular weight excluding hydrogens is 234 g/mol. The molecule has 0 N–H and O–H groups in total. The molecule has 1 rings (SSSR count). The standard InChI is InChI=1S/C12H19N3O3/c1-4-14(9-6-11(16)18-3)12(17)10(2)15-8-5-7-13-15/h5,7-8,10H,4,6,9H2,1-3H3. The quantitative estimate of drug-likeness (QED) is 0.705. The Labute approximate surface area is 107 Å². The molecule has 0 spiro atoms. The lowest BCUT2D eigenvalue weighted by Crippen LogP contribution is -2.37. The van der Waals surface area contributed by atoms with E-state index in [9.17, 15) is 9.59 Å². The maximum Gasteiger partial charge on any atom is 0.307 e. The van der Waals surface area contributed by atoms with E-state index in [0.29, 0.717) is 13.1 Å². The van der Waals surface area contributed by atoms with Crippen LogP contribution in [-0.2, 0) is 14.3 Å². The largest absolute Gasteiger partial charge is 0.469 e. The van der Waals surface area contributed by atoms with E-state index in [2.05, 4.69) is 9.84 Å². The first-order valence-electron chi connectivity index (χ1n) is 5.94. The van der Waals surface area contributed by atoms with Crippen LogP contribution in [0, 0.1) is 0 Å². The van der Waals surface area contributed by atoms with E-state index in [0.717, 1.165) is 0 Å². The van der Waals surface area contributed by atoms with Gasteiger partial charge in [0.1, 0.15) is 6.04 Å². The summed E-state index contributed by atoms with van der Waals surface area (Å²) < 4.78 is 6.16. The van der Waals surface area contributed by atoms with Crippen molar-refractivity contribution in [1.29, 1.82) is 0 Å². The zero-order valence-corrected chi connectivity index (χ0v) is 11.0. The first-order valence-corrected chi connectivity index (χ1v) is 5.94. The molecule has 1 aromatic rings. The highest BCUT2D eigenvalue weighted by molar-refractivity contribution is 5.80. The Balaban J connectivity index is 2.59. The smallest absolute Gasteiger partial charge is 0.307 e. The van der Waals surface area contributed by atoms with Gasteiger partial charge >= 0.3 is 5.97 Å². The van der Waals surface area contributed by atoms with Crippen LogP contribution in [0.4, 0.5) is 0 Å². The molecule has 0 radical (unpaired) electrons. The number of nitrogens with zero attached hydrogens (tertiary/aromatic N) is 3. The molecule has 0 aliphatic carbocycles. The van der Waals surface area contributed by atoms with E-state index in [-0.39, 0.29) is 24.3 Å². The highest BCUT2D eigenvalue weighted by atomic mass is 16.5. The van der Waals surface area contributed by atoms with E-state index in [1.165, 1.54) is 7.11 Å². The number of hydrogen-bond donors (Lipinski definition) is 0. The van der Waals surface area contributed by atoms with Gasteiger partial charge in [0, 0.05) is 25.5 Å². The van der Waals surface area contributed by atoms with Gasteiger partial charge < -0.3 is 9.64 Å². The van der Waals surface area contributed by atoms with Crippen molar-refractivity contribution in [2.24, 2.45) is 0 Å². The van der Waals surface area contributed by atoms with E-state index in [4.69, 9.17) is 0 Å². The van der Waals surface area contributed by atoms with Crippen molar-refractivity contribution in [2.75, 3.05) is 20.2 Å². The van der Waals surface area contributed by atoms with Crippen LogP contribution in [0.2, 0.25) is 0 Å². The van der Waals surface area contributed by atoms with Gasteiger partial charge in [-0.05, 0) is 19.9 Å². The number of rotatable bonds is 6. The zero-order chi connectivity index (χ0) is 13.5. The molecule has 1 heterocycles. The van der Waals surface area contributed by atoms with Crippen molar-refractivity contribution in [3.63, 3.8) is 0 Å². The summed E-state index contributed by atoms with van der Waals surface area (Å²) in [4.78, 5) is 24.9. The van der Waals surface area contributed by atoms with Crippen molar-refractivity contribution in [3.8, 4) is 0 Å². The summed E-state index contributed by atoms with van der Waals surface area (Å²) in [6.07, 6.45) is 3.59. The Hall–Kier alpha value is -1.85. The molecule has 0 aliphatic rings. The van der Waals surface area contributed by atoms with Gasteiger partial charge in [-0.25, -0.2) is 0 Å². The second-order valence-electron chi connectivity index (χ2n) is 3.91. The molecular formula is C12H19N3O3. The average Bonchev–Trinajstić information content (AvgIpc) is 2.91. The molecule has 0 saturated heterocycles. The molecule has 6 nitrogen and oxygen atoms in total. The molecule has 1 aromatic heterocycles. The number of hydrogen-bond acceptors (Lipinski definition) is 4. The van der Waals surface area contributed by atoms with Crippen LogP contribution in [0.5, 0.6) is 0 Å².